The van der Waals surface area contributed by atoms with Crippen molar-refractivity contribution in [3.63, 3.8) is 0 Å². The highest BCUT2D eigenvalue weighted by Gasteiger charge is 2.15. The van der Waals surface area contributed by atoms with E-state index < -0.39 is 11.6 Å². The molecule has 0 N–H and O–H groups in total. The second-order valence-electron chi connectivity index (χ2n) is 3.23. The van der Waals surface area contributed by atoms with Gasteiger partial charge in [-0.1, -0.05) is 22.0 Å². The summed E-state index contributed by atoms with van der Waals surface area (Å²) in [6, 6.07) is 3.98. The molecule has 0 unspecified atom stereocenters. The number of rotatable bonds is 2. The first-order valence-electron chi connectivity index (χ1n) is 4.53. The monoisotopic (exact) mass is 287 g/mol. The van der Waals surface area contributed by atoms with Crippen molar-refractivity contribution >= 4 is 15.9 Å². The van der Waals surface area contributed by atoms with Crippen molar-refractivity contribution in [2.75, 3.05) is 0 Å². The van der Waals surface area contributed by atoms with Gasteiger partial charge in [-0.2, -0.15) is 0 Å². The van der Waals surface area contributed by atoms with Gasteiger partial charge in [0.05, 0.1) is 10.9 Å². The van der Waals surface area contributed by atoms with Gasteiger partial charge in [0.25, 0.3) is 0 Å². The highest BCUT2D eigenvalue weighted by atomic mass is 79.9. The lowest BCUT2D eigenvalue weighted by molar-refractivity contribution is 0.510. The molecule has 3 nitrogen and oxygen atoms in total. The molecule has 0 aliphatic heterocycles. The SMILES string of the molecule is Cn1c(CBr)nnc1-c1cccc(F)c1F. The zero-order chi connectivity index (χ0) is 11.7. The van der Waals surface area contributed by atoms with Crippen molar-refractivity contribution < 1.29 is 8.78 Å². The van der Waals surface area contributed by atoms with Crippen molar-refractivity contribution in [1.29, 1.82) is 0 Å². The Morgan fingerprint density at radius 3 is 2.69 bits per heavy atom. The topological polar surface area (TPSA) is 30.7 Å². The minimum Gasteiger partial charge on any atom is -0.313 e. The van der Waals surface area contributed by atoms with Gasteiger partial charge in [-0.3, -0.25) is 0 Å². The van der Waals surface area contributed by atoms with Crippen LogP contribution in [0.15, 0.2) is 18.2 Å². The average molecular weight is 288 g/mol. The van der Waals surface area contributed by atoms with Gasteiger partial charge in [0.1, 0.15) is 5.82 Å². The Hall–Kier alpha value is -1.30. The smallest absolute Gasteiger partial charge is 0.169 e. The van der Waals surface area contributed by atoms with Crippen molar-refractivity contribution in [3.05, 3.63) is 35.7 Å². The fourth-order valence-corrected chi connectivity index (χ4v) is 1.88. The van der Waals surface area contributed by atoms with Gasteiger partial charge in [0.15, 0.2) is 17.5 Å². The van der Waals surface area contributed by atoms with Crippen LogP contribution in [0, 0.1) is 11.6 Å². The van der Waals surface area contributed by atoms with Crippen molar-refractivity contribution in [2.24, 2.45) is 7.05 Å². The van der Waals surface area contributed by atoms with Crippen LogP contribution >= 0.6 is 15.9 Å². The van der Waals surface area contributed by atoms with Gasteiger partial charge in [0.2, 0.25) is 0 Å². The molecule has 1 aromatic carbocycles. The predicted molar refractivity (Wildman–Crippen MR) is 59.0 cm³/mol. The van der Waals surface area contributed by atoms with E-state index in [4.69, 9.17) is 0 Å². The Morgan fingerprint density at radius 2 is 2.06 bits per heavy atom. The van der Waals surface area contributed by atoms with E-state index in [1.54, 1.807) is 11.6 Å². The van der Waals surface area contributed by atoms with E-state index in [1.165, 1.54) is 12.1 Å². The summed E-state index contributed by atoms with van der Waals surface area (Å²) in [5.41, 5.74) is 0.113. The number of hydrogen-bond acceptors (Lipinski definition) is 2. The van der Waals surface area contributed by atoms with Gasteiger partial charge in [-0.25, -0.2) is 8.78 Å². The largest absolute Gasteiger partial charge is 0.313 e. The number of halogens is 3. The molecule has 1 heterocycles. The molecule has 2 aromatic rings. The summed E-state index contributed by atoms with van der Waals surface area (Å²) in [5, 5.41) is 8.20. The van der Waals surface area contributed by atoms with Gasteiger partial charge < -0.3 is 4.57 Å². The zero-order valence-electron chi connectivity index (χ0n) is 8.41. The standard InChI is InChI=1S/C10H8BrF2N3/c1-16-8(5-11)14-15-10(16)6-3-2-4-7(12)9(6)13/h2-4H,5H2,1H3. The Kier molecular flexibility index (Phi) is 3.00. The fraction of sp³-hybridized carbons (Fsp3) is 0.200. The van der Waals surface area contributed by atoms with E-state index in [0.29, 0.717) is 17.0 Å². The summed E-state index contributed by atoms with van der Waals surface area (Å²) < 4.78 is 28.2. The normalized spacial score (nSPS) is 10.8. The van der Waals surface area contributed by atoms with Crippen molar-refractivity contribution in [3.8, 4) is 11.4 Å². The van der Waals surface area contributed by atoms with Crippen molar-refractivity contribution in [1.82, 2.24) is 14.8 Å². The average Bonchev–Trinajstić information content (AvgIpc) is 2.64. The zero-order valence-corrected chi connectivity index (χ0v) is 10.0. The number of hydrogen-bond donors (Lipinski definition) is 0. The van der Waals surface area contributed by atoms with Gasteiger partial charge in [0, 0.05) is 7.05 Å². The third-order valence-corrected chi connectivity index (χ3v) is 2.78. The maximum Gasteiger partial charge on any atom is 0.169 e. The molecule has 1 aromatic heterocycles. The first-order valence-corrected chi connectivity index (χ1v) is 5.66. The maximum absolute atomic E-state index is 13.5. The summed E-state index contributed by atoms with van der Waals surface area (Å²) in [6.07, 6.45) is 0. The number of nitrogens with zero attached hydrogens (tertiary/aromatic N) is 3. The summed E-state index contributed by atoms with van der Waals surface area (Å²) in [5.74, 6) is -0.829. The Labute approximate surface area is 99.2 Å². The van der Waals surface area contributed by atoms with Gasteiger partial charge in [-0.15, -0.1) is 10.2 Å². The predicted octanol–water partition coefficient (Wildman–Crippen LogP) is 2.66. The molecule has 0 amide bonds. The van der Waals surface area contributed by atoms with Crippen LogP contribution in [0.2, 0.25) is 0 Å². The molecule has 0 saturated carbocycles. The first kappa shape index (κ1) is 11.2. The molecule has 16 heavy (non-hydrogen) atoms. The summed E-state index contributed by atoms with van der Waals surface area (Å²) in [4.78, 5) is 0. The quantitative estimate of drug-likeness (QED) is 0.795. The minimum absolute atomic E-state index is 0.113. The molecule has 0 fully saturated rings. The summed E-state index contributed by atoms with van der Waals surface area (Å²) in [6.45, 7) is 0. The Balaban J connectivity index is 2.59. The fourth-order valence-electron chi connectivity index (χ4n) is 1.39. The molecule has 0 atom stereocenters. The van der Waals surface area contributed by atoms with E-state index in [9.17, 15) is 8.78 Å². The van der Waals surface area contributed by atoms with Crippen LogP contribution in [0.25, 0.3) is 11.4 Å². The molecular formula is C10H8BrF2N3. The van der Waals surface area contributed by atoms with E-state index >= 15 is 0 Å². The highest BCUT2D eigenvalue weighted by Crippen LogP contribution is 2.23. The van der Waals surface area contributed by atoms with Crippen LogP contribution in [-0.2, 0) is 12.4 Å². The third kappa shape index (κ3) is 1.73. The highest BCUT2D eigenvalue weighted by molar-refractivity contribution is 9.08. The Morgan fingerprint density at radius 1 is 1.31 bits per heavy atom. The second-order valence-corrected chi connectivity index (χ2v) is 3.79. The molecule has 0 aliphatic carbocycles. The van der Waals surface area contributed by atoms with Gasteiger partial charge >= 0.3 is 0 Å². The number of alkyl halides is 1. The molecule has 0 saturated heterocycles. The van der Waals surface area contributed by atoms with Gasteiger partial charge in [-0.05, 0) is 12.1 Å². The maximum atomic E-state index is 13.5. The summed E-state index contributed by atoms with van der Waals surface area (Å²) >= 11 is 3.24. The van der Waals surface area contributed by atoms with Crippen molar-refractivity contribution in [2.45, 2.75) is 5.33 Å². The van der Waals surface area contributed by atoms with E-state index in [1.807, 2.05) is 0 Å². The molecule has 6 heteroatoms. The van der Waals surface area contributed by atoms with Crippen LogP contribution in [0.1, 0.15) is 5.82 Å². The molecule has 2 rings (SSSR count). The number of benzene rings is 1. The molecule has 0 radical (unpaired) electrons. The second kappa shape index (κ2) is 4.29. The first-order chi connectivity index (χ1) is 7.65. The molecule has 84 valence electrons. The Bertz CT molecular complexity index is 525. The number of aromatic nitrogens is 3. The molecular weight excluding hydrogens is 280 g/mol. The molecule has 0 bridgehead atoms. The minimum atomic E-state index is -0.904. The van der Waals surface area contributed by atoms with E-state index in [0.717, 1.165) is 6.07 Å². The van der Waals surface area contributed by atoms with E-state index in [-0.39, 0.29) is 5.56 Å². The lowest BCUT2D eigenvalue weighted by Crippen LogP contribution is -1.99. The van der Waals surface area contributed by atoms with Crippen LogP contribution in [0.4, 0.5) is 8.78 Å². The van der Waals surface area contributed by atoms with Crippen LogP contribution < -0.4 is 0 Å². The van der Waals surface area contributed by atoms with E-state index in [2.05, 4.69) is 26.1 Å². The van der Waals surface area contributed by atoms with Crippen LogP contribution in [0.3, 0.4) is 0 Å². The van der Waals surface area contributed by atoms with Crippen LogP contribution in [-0.4, -0.2) is 14.8 Å². The molecule has 0 spiro atoms. The van der Waals surface area contributed by atoms with Crippen LogP contribution in [0.5, 0.6) is 0 Å². The lowest BCUT2D eigenvalue weighted by Gasteiger charge is -2.03. The molecule has 0 aliphatic rings. The summed E-state index contributed by atoms with van der Waals surface area (Å²) in [7, 11) is 1.70. The third-order valence-electron chi connectivity index (χ3n) is 2.28. The lowest BCUT2D eigenvalue weighted by atomic mass is 10.2.